The van der Waals surface area contributed by atoms with E-state index in [9.17, 15) is 15.0 Å². The Balaban J connectivity index is 1.97. The summed E-state index contributed by atoms with van der Waals surface area (Å²) in [5, 5.41) is 18.6. The molecular formula is C17H14N2O3. The maximum atomic E-state index is 11.3. The smallest absolute Gasteiger partial charge is 0.336 e. The number of carboxylic acid groups (broad SMARTS) is 1. The number of benzene rings is 2. The zero-order valence-electron chi connectivity index (χ0n) is 11.7. The fraction of sp³-hybridized carbons (Fsp3) is 0.0588. The van der Waals surface area contributed by atoms with Crippen LogP contribution in [0.1, 0.15) is 15.9 Å². The van der Waals surface area contributed by atoms with Gasteiger partial charge in [-0.1, -0.05) is 18.2 Å². The Labute approximate surface area is 127 Å². The summed E-state index contributed by atoms with van der Waals surface area (Å²) in [4.78, 5) is 15.6. The maximum absolute atomic E-state index is 11.3. The Morgan fingerprint density at radius 3 is 2.55 bits per heavy atom. The lowest BCUT2D eigenvalue weighted by atomic mass is 10.1. The Bertz CT molecular complexity index is 807. The van der Waals surface area contributed by atoms with Crippen LogP contribution in [-0.4, -0.2) is 25.7 Å². The van der Waals surface area contributed by atoms with Crippen LogP contribution in [0.4, 0.5) is 0 Å². The Morgan fingerprint density at radius 2 is 1.82 bits per heavy atom. The topological polar surface area (TPSA) is 75.3 Å². The van der Waals surface area contributed by atoms with Gasteiger partial charge in [-0.25, -0.2) is 9.78 Å². The van der Waals surface area contributed by atoms with E-state index in [1.165, 1.54) is 0 Å². The first-order valence-electron chi connectivity index (χ1n) is 6.77. The van der Waals surface area contributed by atoms with Crippen molar-refractivity contribution in [1.82, 2.24) is 9.55 Å². The lowest BCUT2D eigenvalue weighted by molar-refractivity contribution is 0.0695. The number of rotatable bonds is 4. The standard InChI is InChI=1S/C17H14N2O3/c20-14-7-5-12(6-8-14)16-18-9-10-19(16)11-13-3-1-2-4-15(13)17(21)22/h1-10,20H,11H2,(H,21,22). The summed E-state index contributed by atoms with van der Waals surface area (Å²) in [6.07, 6.45) is 3.48. The quantitative estimate of drug-likeness (QED) is 0.775. The molecule has 22 heavy (non-hydrogen) atoms. The van der Waals surface area contributed by atoms with Crippen LogP contribution in [0.3, 0.4) is 0 Å². The Morgan fingerprint density at radius 1 is 1.09 bits per heavy atom. The van der Waals surface area contributed by atoms with Gasteiger partial charge in [0.15, 0.2) is 0 Å². The van der Waals surface area contributed by atoms with Crippen molar-refractivity contribution in [1.29, 1.82) is 0 Å². The van der Waals surface area contributed by atoms with E-state index in [-0.39, 0.29) is 11.3 Å². The second kappa shape index (κ2) is 5.73. The zero-order chi connectivity index (χ0) is 15.5. The van der Waals surface area contributed by atoms with Gasteiger partial charge in [0.2, 0.25) is 0 Å². The van der Waals surface area contributed by atoms with E-state index in [1.807, 2.05) is 10.6 Å². The number of phenols is 1. The van der Waals surface area contributed by atoms with Gasteiger partial charge in [-0.2, -0.15) is 0 Å². The molecule has 1 aromatic heterocycles. The molecular weight excluding hydrogens is 280 g/mol. The van der Waals surface area contributed by atoms with Gasteiger partial charge in [0, 0.05) is 24.5 Å². The Kier molecular flexibility index (Phi) is 3.62. The monoisotopic (exact) mass is 294 g/mol. The van der Waals surface area contributed by atoms with E-state index in [4.69, 9.17) is 0 Å². The molecule has 0 aliphatic heterocycles. The third-order valence-corrected chi connectivity index (χ3v) is 3.43. The highest BCUT2D eigenvalue weighted by Crippen LogP contribution is 2.22. The van der Waals surface area contributed by atoms with Crippen molar-refractivity contribution in [3.63, 3.8) is 0 Å². The number of phenolic OH excluding ortho intramolecular Hbond substituents is 1. The van der Waals surface area contributed by atoms with Gasteiger partial charge in [0.25, 0.3) is 0 Å². The third-order valence-electron chi connectivity index (χ3n) is 3.43. The summed E-state index contributed by atoms with van der Waals surface area (Å²) in [7, 11) is 0. The second-order valence-electron chi connectivity index (χ2n) is 4.89. The number of nitrogens with zero attached hydrogens (tertiary/aromatic N) is 2. The molecule has 0 spiro atoms. The van der Waals surface area contributed by atoms with Gasteiger partial charge in [0.05, 0.1) is 5.56 Å². The van der Waals surface area contributed by atoms with E-state index in [0.29, 0.717) is 12.1 Å². The Hall–Kier alpha value is -3.08. The highest BCUT2D eigenvalue weighted by atomic mass is 16.4. The molecule has 0 radical (unpaired) electrons. The molecule has 1 heterocycles. The molecule has 0 bridgehead atoms. The molecule has 0 saturated carbocycles. The normalized spacial score (nSPS) is 10.5. The second-order valence-corrected chi connectivity index (χ2v) is 4.89. The summed E-state index contributed by atoms with van der Waals surface area (Å²) in [6, 6.07) is 13.7. The lowest BCUT2D eigenvalue weighted by Crippen LogP contribution is -2.07. The molecule has 5 nitrogen and oxygen atoms in total. The summed E-state index contributed by atoms with van der Waals surface area (Å²) >= 11 is 0. The number of aromatic carboxylic acids is 1. The van der Waals surface area contributed by atoms with Gasteiger partial charge in [-0.3, -0.25) is 0 Å². The van der Waals surface area contributed by atoms with Gasteiger partial charge in [0.1, 0.15) is 11.6 Å². The van der Waals surface area contributed by atoms with Crippen LogP contribution < -0.4 is 0 Å². The SMILES string of the molecule is O=C(O)c1ccccc1Cn1ccnc1-c1ccc(O)cc1. The highest BCUT2D eigenvalue weighted by Gasteiger charge is 2.12. The molecule has 0 unspecified atom stereocenters. The van der Waals surface area contributed by atoms with Gasteiger partial charge < -0.3 is 14.8 Å². The predicted molar refractivity (Wildman–Crippen MR) is 81.8 cm³/mol. The van der Waals surface area contributed by atoms with E-state index in [1.54, 1.807) is 54.9 Å². The first-order valence-corrected chi connectivity index (χ1v) is 6.77. The van der Waals surface area contributed by atoms with Gasteiger partial charge in [-0.05, 0) is 35.9 Å². The van der Waals surface area contributed by atoms with Gasteiger partial charge in [-0.15, -0.1) is 0 Å². The van der Waals surface area contributed by atoms with Gasteiger partial charge >= 0.3 is 5.97 Å². The molecule has 2 N–H and O–H groups in total. The van der Waals surface area contributed by atoms with Crippen LogP contribution in [0.2, 0.25) is 0 Å². The van der Waals surface area contributed by atoms with E-state index >= 15 is 0 Å². The van der Waals surface area contributed by atoms with Crippen LogP contribution in [0.25, 0.3) is 11.4 Å². The summed E-state index contributed by atoms with van der Waals surface area (Å²) < 4.78 is 1.88. The number of carbonyl (C=O) groups is 1. The number of aromatic hydroxyl groups is 1. The fourth-order valence-electron chi connectivity index (χ4n) is 2.36. The molecule has 0 fully saturated rings. The minimum absolute atomic E-state index is 0.193. The van der Waals surface area contributed by atoms with Crippen LogP contribution in [-0.2, 0) is 6.54 Å². The third kappa shape index (κ3) is 2.69. The number of hydrogen-bond acceptors (Lipinski definition) is 3. The van der Waals surface area contributed by atoms with E-state index in [2.05, 4.69) is 4.98 Å². The molecule has 2 aromatic carbocycles. The summed E-state index contributed by atoms with van der Waals surface area (Å²) in [5.41, 5.74) is 1.86. The molecule has 0 aliphatic carbocycles. The fourth-order valence-corrected chi connectivity index (χ4v) is 2.36. The van der Waals surface area contributed by atoms with Crippen LogP contribution in [0.15, 0.2) is 60.9 Å². The van der Waals surface area contributed by atoms with Crippen molar-refractivity contribution in [2.75, 3.05) is 0 Å². The van der Waals surface area contributed by atoms with Crippen molar-refractivity contribution in [2.45, 2.75) is 6.54 Å². The number of imidazole rings is 1. The molecule has 110 valence electrons. The average molecular weight is 294 g/mol. The molecule has 0 saturated heterocycles. The van der Waals surface area contributed by atoms with Crippen molar-refractivity contribution < 1.29 is 15.0 Å². The molecule has 3 rings (SSSR count). The van der Waals surface area contributed by atoms with E-state index < -0.39 is 5.97 Å². The molecule has 0 aliphatic rings. The number of aromatic nitrogens is 2. The number of hydrogen-bond donors (Lipinski definition) is 2. The zero-order valence-corrected chi connectivity index (χ0v) is 11.7. The first-order chi connectivity index (χ1) is 10.6. The van der Waals surface area contributed by atoms with Crippen LogP contribution >= 0.6 is 0 Å². The van der Waals surface area contributed by atoms with Crippen molar-refractivity contribution in [3.05, 3.63) is 72.1 Å². The highest BCUT2D eigenvalue weighted by molar-refractivity contribution is 5.89. The van der Waals surface area contributed by atoms with Crippen molar-refractivity contribution in [2.24, 2.45) is 0 Å². The molecule has 3 aromatic rings. The molecule has 0 amide bonds. The summed E-state index contributed by atoms with van der Waals surface area (Å²) in [6.45, 7) is 0.415. The first kappa shape index (κ1) is 13.9. The minimum atomic E-state index is -0.943. The largest absolute Gasteiger partial charge is 0.508 e. The van der Waals surface area contributed by atoms with Crippen LogP contribution in [0, 0.1) is 0 Å². The minimum Gasteiger partial charge on any atom is -0.508 e. The van der Waals surface area contributed by atoms with Crippen LogP contribution in [0.5, 0.6) is 5.75 Å². The molecule has 5 heteroatoms. The van der Waals surface area contributed by atoms with E-state index in [0.717, 1.165) is 11.4 Å². The molecule has 0 atom stereocenters. The summed E-state index contributed by atoms with van der Waals surface area (Å²) in [5.74, 6) is -0.0276. The van der Waals surface area contributed by atoms with Crippen molar-refractivity contribution in [3.8, 4) is 17.1 Å². The maximum Gasteiger partial charge on any atom is 0.336 e. The van der Waals surface area contributed by atoms with Crippen molar-refractivity contribution >= 4 is 5.97 Å². The number of carboxylic acids is 1. The lowest BCUT2D eigenvalue weighted by Gasteiger charge is -2.10. The average Bonchev–Trinajstić information content (AvgIpc) is 2.96. The predicted octanol–water partition coefficient (Wildman–Crippen LogP) is 3.00.